The van der Waals surface area contributed by atoms with Crippen molar-refractivity contribution in [1.82, 2.24) is 10.2 Å². The van der Waals surface area contributed by atoms with Gasteiger partial charge in [0.05, 0.1) is 18.3 Å². The Balaban J connectivity index is 2.20. The van der Waals surface area contributed by atoms with Crippen LogP contribution in [-0.4, -0.2) is 23.3 Å². The van der Waals surface area contributed by atoms with E-state index in [4.69, 9.17) is 4.74 Å². The quantitative estimate of drug-likeness (QED) is 0.775. The smallest absolute Gasteiger partial charge is 0.186 e. The van der Waals surface area contributed by atoms with Crippen molar-refractivity contribution in [1.29, 1.82) is 5.26 Å². The van der Waals surface area contributed by atoms with Gasteiger partial charge in [0.25, 0.3) is 0 Å². The normalized spacial score (nSPS) is 10.7. The zero-order chi connectivity index (χ0) is 18.0. The molecular formula is C19H17FN4O. The van der Waals surface area contributed by atoms with Crippen LogP contribution < -0.4 is 10.1 Å². The average Bonchev–Trinajstić information content (AvgIpc) is 2.61. The second-order valence-electron chi connectivity index (χ2n) is 5.91. The zero-order valence-electron chi connectivity index (χ0n) is 14.2. The molecule has 0 aliphatic rings. The Labute approximate surface area is 145 Å². The predicted octanol–water partition coefficient (Wildman–Crippen LogP) is 4.14. The van der Waals surface area contributed by atoms with Crippen molar-refractivity contribution in [3.05, 3.63) is 47.9 Å². The molecule has 0 saturated heterocycles. The van der Waals surface area contributed by atoms with Crippen molar-refractivity contribution >= 4 is 16.6 Å². The number of nitrogens with one attached hydrogen (secondary N) is 1. The number of nitrogens with zero attached hydrogens (tertiary/aromatic N) is 3. The summed E-state index contributed by atoms with van der Waals surface area (Å²) in [5.41, 5.74) is 2.91. The maximum absolute atomic E-state index is 13.7. The van der Waals surface area contributed by atoms with Crippen LogP contribution in [0.25, 0.3) is 22.0 Å². The first-order chi connectivity index (χ1) is 12.0. The number of anilines is 1. The molecule has 0 aliphatic carbocycles. The molecule has 0 saturated carbocycles. The lowest BCUT2D eigenvalue weighted by Gasteiger charge is -2.14. The predicted molar refractivity (Wildman–Crippen MR) is 95.0 cm³/mol. The molecule has 1 heterocycles. The molecule has 126 valence electrons. The van der Waals surface area contributed by atoms with E-state index in [1.165, 1.54) is 12.1 Å². The van der Waals surface area contributed by atoms with E-state index in [0.717, 1.165) is 10.9 Å². The lowest BCUT2D eigenvalue weighted by atomic mass is 10.0. The topological polar surface area (TPSA) is 70.8 Å². The molecule has 1 aromatic heterocycles. The van der Waals surface area contributed by atoms with Gasteiger partial charge in [-0.2, -0.15) is 5.26 Å². The highest BCUT2D eigenvalue weighted by molar-refractivity contribution is 5.95. The summed E-state index contributed by atoms with van der Waals surface area (Å²) in [6.07, 6.45) is 0. The minimum absolute atomic E-state index is 0.141. The molecular weight excluding hydrogens is 319 g/mol. The molecule has 5 nitrogen and oxygen atoms in total. The Hall–Kier alpha value is -3.20. The molecule has 3 aromatic rings. The maximum Gasteiger partial charge on any atom is 0.186 e. The molecule has 2 aromatic carbocycles. The summed E-state index contributed by atoms with van der Waals surface area (Å²) in [5, 5.41) is 21.4. The van der Waals surface area contributed by atoms with Crippen molar-refractivity contribution < 1.29 is 9.13 Å². The number of benzene rings is 2. The maximum atomic E-state index is 13.7. The van der Waals surface area contributed by atoms with Crippen molar-refractivity contribution in [2.45, 2.75) is 19.9 Å². The highest BCUT2D eigenvalue weighted by Crippen LogP contribution is 2.34. The summed E-state index contributed by atoms with van der Waals surface area (Å²) < 4.78 is 19.0. The van der Waals surface area contributed by atoms with Crippen LogP contribution in [0.3, 0.4) is 0 Å². The van der Waals surface area contributed by atoms with Gasteiger partial charge in [-0.1, -0.05) is 6.07 Å². The van der Waals surface area contributed by atoms with Gasteiger partial charge in [0.2, 0.25) is 0 Å². The monoisotopic (exact) mass is 336 g/mol. The van der Waals surface area contributed by atoms with Crippen LogP contribution in [0.2, 0.25) is 0 Å². The van der Waals surface area contributed by atoms with E-state index in [2.05, 4.69) is 21.6 Å². The molecule has 0 bridgehead atoms. The largest absolute Gasteiger partial charge is 0.496 e. The van der Waals surface area contributed by atoms with E-state index in [1.807, 2.05) is 32.0 Å². The number of nitriles is 1. The Kier molecular flexibility index (Phi) is 4.48. The number of halogens is 1. The summed E-state index contributed by atoms with van der Waals surface area (Å²) >= 11 is 0. The summed E-state index contributed by atoms with van der Waals surface area (Å²) in [6, 6.07) is 12.1. The van der Waals surface area contributed by atoms with E-state index in [0.29, 0.717) is 22.5 Å². The van der Waals surface area contributed by atoms with Crippen molar-refractivity contribution in [2.24, 2.45) is 0 Å². The molecule has 3 rings (SSSR count). The first-order valence-electron chi connectivity index (χ1n) is 7.84. The minimum Gasteiger partial charge on any atom is -0.496 e. The third kappa shape index (κ3) is 3.22. The SMILES string of the molecule is COc1ccc(F)cc1-c1ccc2c(NC(C)C)c(C#N)nnc2c1. The summed E-state index contributed by atoms with van der Waals surface area (Å²) in [5.74, 6) is 0.229. The van der Waals surface area contributed by atoms with Gasteiger partial charge in [-0.05, 0) is 49.7 Å². The van der Waals surface area contributed by atoms with E-state index < -0.39 is 0 Å². The van der Waals surface area contributed by atoms with Crippen LogP contribution in [0.5, 0.6) is 5.75 Å². The van der Waals surface area contributed by atoms with Crippen molar-refractivity contribution in [3.63, 3.8) is 0 Å². The Morgan fingerprint density at radius 3 is 2.64 bits per heavy atom. The molecule has 25 heavy (non-hydrogen) atoms. The number of methoxy groups -OCH3 is 1. The third-order valence-electron chi connectivity index (χ3n) is 3.77. The van der Waals surface area contributed by atoms with Crippen molar-refractivity contribution in [3.8, 4) is 22.9 Å². The van der Waals surface area contributed by atoms with Gasteiger partial charge in [0, 0.05) is 17.0 Å². The van der Waals surface area contributed by atoms with E-state index in [1.54, 1.807) is 13.2 Å². The molecule has 0 unspecified atom stereocenters. The Morgan fingerprint density at radius 2 is 1.96 bits per heavy atom. The average molecular weight is 336 g/mol. The standard InChI is InChI=1S/C19H17FN4O/c1-11(2)22-19-14-6-4-12(8-16(14)23-24-17(19)10-21)15-9-13(20)5-7-18(15)25-3/h4-9,11H,1-3H3,(H,22,23). The fourth-order valence-corrected chi connectivity index (χ4v) is 2.69. The lowest BCUT2D eigenvalue weighted by molar-refractivity contribution is 0.415. The van der Waals surface area contributed by atoms with Gasteiger partial charge in [0.15, 0.2) is 5.69 Å². The summed E-state index contributed by atoms with van der Waals surface area (Å²) in [4.78, 5) is 0. The van der Waals surface area contributed by atoms with Gasteiger partial charge < -0.3 is 10.1 Å². The van der Waals surface area contributed by atoms with E-state index >= 15 is 0 Å². The first-order valence-corrected chi connectivity index (χ1v) is 7.84. The summed E-state index contributed by atoms with van der Waals surface area (Å²) in [7, 11) is 1.54. The van der Waals surface area contributed by atoms with Crippen LogP contribution in [0.15, 0.2) is 36.4 Å². The molecule has 0 fully saturated rings. The van der Waals surface area contributed by atoms with Gasteiger partial charge in [-0.3, -0.25) is 0 Å². The van der Waals surface area contributed by atoms with E-state index in [-0.39, 0.29) is 17.6 Å². The second-order valence-corrected chi connectivity index (χ2v) is 5.91. The molecule has 0 aliphatic heterocycles. The van der Waals surface area contributed by atoms with Gasteiger partial charge in [-0.25, -0.2) is 4.39 Å². The fourth-order valence-electron chi connectivity index (χ4n) is 2.69. The second kappa shape index (κ2) is 6.73. The molecule has 0 spiro atoms. The zero-order valence-corrected chi connectivity index (χ0v) is 14.2. The third-order valence-corrected chi connectivity index (χ3v) is 3.77. The number of aromatic nitrogens is 2. The molecule has 6 heteroatoms. The highest BCUT2D eigenvalue weighted by Gasteiger charge is 2.14. The fraction of sp³-hybridized carbons (Fsp3) is 0.211. The minimum atomic E-state index is -0.344. The molecule has 0 amide bonds. The molecule has 0 atom stereocenters. The Morgan fingerprint density at radius 1 is 1.16 bits per heavy atom. The van der Waals surface area contributed by atoms with Gasteiger partial charge >= 0.3 is 0 Å². The van der Waals surface area contributed by atoms with Crippen LogP contribution in [0, 0.1) is 17.1 Å². The van der Waals surface area contributed by atoms with E-state index in [9.17, 15) is 9.65 Å². The van der Waals surface area contributed by atoms with Gasteiger partial charge in [0.1, 0.15) is 17.6 Å². The molecule has 1 N–H and O–H groups in total. The number of rotatable bonds is 4. The first kappa shape index (κ1) is 16.7. The van der Waals surface area contributed by atoms with Crippen LogP contribution in [0.1, 0.15) is 19.5 Å². The van der Waals surface area contributed by atoms with Crippen LogP contribution in [0.4, 0.5) is 10.1 Å². The van der Waals surface area contributed by atoms with Crippen LogP contribution >= 0.6 is 0 Å². The van der Waals surface area contributed by atoms with Gasteiger partial charge in [-0.15, -0.1) is 10.2 Å². The van der Waals surface area contributed by atoms with Crippen LogP contribution in [-0.2, 0) is 0 Å². The number of hydrogen-bond acceptors (Lipinski definition) is 5. The number of fused-ring (bicyclic) bond motifs is 1. The Bertz CT molecular complexity index is 979. The highest BCUT2D eigenvalue weighted by atomic mass is 19.1. The summed E-state index contributed by atoms with van der Waals surface area (Å²) in [6.45, 7) is 3.97. The number of ether oxygens (including phenoxy) is 1. The van der Waals surface area contributed by atoms with Crippen molar-refractivity contribution in [2.75, 3.05) is 12.4 Å². The molecule has 0 radical (unpaired) electrons. The lowest BCUT2D eigenvalue weighted by Crippen LogP contribution is -2.12. The number of hydrogen-bond donors (Lipinski definition) is 1.